The van der Waals surface area contributed by atoms with Crippen molar-refractivity contribution in [3.8, 4) is 16.9 Å². The maximum atomic E-state index is 5.54. The highest BCUT2D eigenvalue weighted by atomic mass is 16.5. The van der Waals surface area contributed by atoms with Crippen LogP contribution in [0.4, 0.5) is 0 Å². The molecule has 3 rings (SSSR count). The quantitative estimate of drug-likeness (QED) is 0.653. The third-order valence-corrected chi connectivity index (χ3v) is 2.86. The molecule has 0 fully saturated rings. The minimum Gasteiger partial charge on any atom is -0.497 e. The minimum absolute atomic E-state index is 0.854. The van der Waals surface area contributed by atoms with Crippen LogP contribution in [0.25, 0.3) is 22.1 Å². The first kappa shape index (κ1) is 9.97. The van der Waals surface area contributed by atoms with Crippen LogP contribution in [0.2, 0.25) is 0 Å². The van der Waals surface area contributed by atoms with Gasteiger partial charge in [-0.2, -0.15) is 0 Å². The number of fused-ring (bicyclic) bond motifs is 1. The Kier molecular flexibility index (Phi) is 2.33. The summed E-state index contributed by atoms with van der Waals surface area (Å²) in [4.78, 5) is 0. The lowest BCUT2D eigenvalue weighted by molar-refractivity contribution is 0.415. The highest BCUT2D eigenvalue weighted by Crippen LogP contribution is 2.31. The summed E-state index contributed by atoms with van der Waals surface area (Å²) in [6.45, 7) is 0. The molecule has 84 valence electrons. The molecule has 0 aliphatic carbocycles. The number of furan rings is 1. The maximum Gasteiger partial charge on any atom is 0.134 e. The van der Waals surface area contributed by atoms with Crippen molar-refractivity contribution in [1.29, 1.82) is 0 Å². The molecule has 2 heteroatoms. The number of benzene rings is 2. The molecular weight excluding hydrogens is 212 g/mol. The normalized spacial score (nSPS) is 10.6. The van der Waals surface area contributed by atoms with Gasteiger partial charge in [0, 0.05) is 10.9 Å². The summed E-state index contributed by atoms with van der Waals surface area (Å²) < 4.78 is 10.8. The van der Waals surface area contributed by atoms with Crippen LogP contribution >= 0.6 is 0 Å². The highest BCUT2D eigenvalue weighted by Gasteiger charge is 2.07. The molecule has 0 atom stereocenters. The van der Waals surface area contributed by atoms with Gasteiger partial charge in [0.05, 0.1) is 13.4 Å². The molecule has 1 heterocycles. The molecule has 0 aliphatic heterocycles. The highest BCUT2D eigenvalue weighted by molar-refractivity contribution is 5.94. The van der Waals surface area contributed by atoms with E-state index in [2.05, 4.69) is 12.1 Å². The summed E-state index contributed by atoms with van der Waals surface area (Å²) >= 11 is 0. The van der Waals surface area contributed by atoms with Gasteiger partial charge in [-0.05, 0) is 23.8 Å². The molecule has 0 amide bonds. The minimum atomic E-state index is 0.854. The van der Waals surface area contributed by atoms with E-state index in [4.69, 9.17) is 9.15 Å². The summed E-state index contributed by atoms with van der Waals surface area (Å²) in [5, 5.41) is 1.13. The second-order valence-electron chi connectivity index (χ2n) is 3.88. The van der Waals surface area contributed by atoms with Gasteiger partial charge in [-0.15, -0.1) is 0 Å². The average molecular weight is 224 g/mol. The summed E-state index contributed by atoms with van der Waals surface area (Å²) in [5.74, 6) is 0.854. The predicted molar refractivity (Wildman–Crippen MR) is 68.2 cm³/mol. The van der Waals surface area contributed by atoms with Crippen LogP contribution in [0.5, 0.6) is 5.75 Å². The summed E-state index contributed by atoms with van der Waals surface area (Å²) in [6.07, 6.45) is 1.79. The van der Waals surface area contributed by atoms with Crippen molar-refractivity contribution in [3.05, 3.63) is 54.8 Å². The first-order valence-corrected chi connectivity index (χ1v) is 5.49. The van der Waals surface area contributed by atoms with Crippen LogP contribution in [-0.2, 0) is 0 Å². The van der Waals surface area contributed by atoms with E-state index in [9.17, 15) is 0 Å². The van der Waals surface area contributed by atoms with E-state index in [-0.39, 0.29) is 0 Å². The molecule has 17 heavy (non-hydrogen) atoms. The Balaban J connectivity index is 2.20. The summed E-state index contributed by atoms with van der Waals surface area (Å²) in [7, 11) is 1.67. The largest absolute Gasteiger partial charge is 0.497 e. The zero-order valence-electron chi connectivity index (χ0n) is 9.51. The van der Waals surface area contributed by atoms with E-state index in [1.165, 1.54) is 0 Å². The first-order chi connectivity index (χ1) is 8.38. The molecule has 0 bridgehead atoms. The van der Waals surface area contributed by atoms with Gasteiger partial charge in [-0.25, -0.2) is 0 Å². The lowest BCUT2D eigenvalue weighted by Gasteiger charge is -2.02. The number of methoxy groups -OCH3 is 1. The molecule has 2 nitrogen and oxygen atoms in total. The Morgan fingerprint density at radius 3 is 2.76 bits per heavy atom. The SMILES string of the molecule is COc1cccc(-c2coc3ccccc23)c1. The second kappa shape index (κ2) is 3.98. The Labute approximate surface area is 99.4 Å². The number of hydrogen-bond acceptors (Lipinski definition) is 2. The third kappa shape index (κ3) is 1.68. The number of hydrogen-bond donors (Lipinski definition) is 0. The zero-order valence-corrected chi connectivity index (χ0v) is 9.51. The van der Waals surface area contributed by atoms with Crippen molar-refractivity contribution in [1.82, 2.24) is 0 Å². The second-order valence-corrected chi connectivity index (χ2v) is 3.88. The van der Waals surface area contributed by atoms with Gasteiger partial charge in [0.15, 0.2) is 0 Å². The van der Waals surface area contributed by atoms with E-state index >= 15 is 0 Å². The van der Waals surface area contributed by atoms with Crippen molar-refractivity contribution < 1.29 is 9.15 Å². The van der Waals surface area contributed by atoms with Crippen molar-refractivity contribution >= 4 is 11.0 Å². The molecule has 0 radical (unpaired) electrons. The van der Waals surface area contributed by atoms with E-state index in [1.807, 2.05) is 36.4 Å². The van der Waals surface area contributed by atoms with Crippen LogP contribution in [0.1, 0.15) is 0 Å². The van der Waals surface area contributed by atoms with Crippen LogP contribution in [0.15, 0.2) is 59.2 Å². The Morgan fingerprint density at radius 1 is 1.00 bits per heavy atom. The van der Waals surface area contributed by atoms with Gasteiger partial charge in [0.2, 0.25) is 0 Å². The van der Waals surface area contributed by atoms with Gasteiger partial charge in [-0.1, -0.05) is 30.3 Å². The lowest BCUT2D eigenvalue weighted by Crippen LogP contribution is -1.82. The zero-order chi connectivity index (χ0) is 11.7. The smallest absolute Gasteiger partial charge is 0.134 e. The number of rotatable bonds is 2. The van der Waals surface area contributed by atoms with Gasteiger partial charge in [0.1, 0.15) is 11.3 Å². The Hall–Kier alpha value is -2.22. The molecule has 0 aliphatic rings. The third-order valence-electron chi connectivity index (χ3n) is 2.86. The van der Waals surface area contributed by atoms with Crippen molar-refractivity contribution in [2.24, 2.45) is 0 Å². The van der Waals surface area contributed by atoms with Gasteiger partial charge < -0.3 is 9.15 Å². The molecule has 2 aromatic carbocycles. The Bertz CT molecular complexity index is 653. The van der Waals surface area contributed by atoms with Gasteiger partial charge >= 0.3 is 0 Å². The van der Waals surface area contributed by atoms with Gasteiger partial charge in [-0.3, -0.25) is 0 Å². The molecular formula is C15H12O2. The summed E-state index contributed by atoms with van der Waals surface area (Å²) in [6, 6.07) is 16.0. The maximum absolute atomic E-state index is 5.54. The Morgan fingerprint density at radius 2 is 1.88 bits per heavy atom. The molecule has 3 aromatic rings. The van der Waals surface area contributed by atoms with Crippen LogP contribution in [0.3, 0.4) is 0 Å². The van der Waals surface area contributed by atoms with Crippen molar-refractivity contribution in [2.45, 2.75) is 0 Å². The molecule has 0 spiro atoms. The molecule has 1 aromatic heterocycles. The van der Waals surface area contributed by atoms with Crippen LogP contribution < -0.4 is 4.74 Å². The van der Waals surface area contributed by atoms with E-state index in [0.717, 1.165) is 27.8 Å². The summed E-state index contributed by atoms with van der Waals surface area (Å²) in [5.41, 5.74) is 3.11. The van der Waals surface area contributed by atoms with Crippen LogP contribution in [-0.4, -0.2) is 7.11 Å². The average Bonchev–Trinajstić information content (AvgIpc) is 2.82. The lowest BCUT2D eigenvalue weighted by atomic mass is 10.0. The first-order valence-electron chi connectivity index (χ1n) is 5.49. The monoisotopic (exact) mass is 224 g/mol. The standard InChI is InChI=1S/C15H12O2/c1-16-12-6-4-5-11(9-12)14-10-17-15-8-3-2-7-13(14)15/h2-10H,1H3. The van der Waals surface area contributed by atoms with E-state index in [0.29, 0.717) is 0 Å². The van der Waals surface area contributed by atoms with Crippen LogP contribution in [0, 0.1) is 0 Å². The fourth-order valence-corrected chi connectivity index (χ4v) is 1.99. The molecule has 0 saturated heterocycles. The van der Waals surface area contributed by atoms with Gasteiger partial charge in [0.25, 0.3) is 0 Å². The number of ether oxygens (including phenoxy) is 1. The fraction of sp³-hybridized carbons (Fsp3) is 0.0667. The van der Waals surface area contributed by atoms with E-state index < -0.39 is 0 Å². The van der Waals surface area contributed by atoms with Crippen molar-refractivity contribution in [3.63, 3.8) is 0 Å². The fourth-order valence-electron chi connectivity index (χ4n) is 1.99. The predicted octanol–water partition coefficient (Wildman–Crippen LogP) is 4.11. The topological polar surface area (TPSA) is 22.4 Å². The molecule has 0 N–H and O–H groups in total. The molecule has 0 unspecified atom stereocenters. The van der Waals surface area contributed by atoms with Crippen molar-refractivity contribution in [2.75, 3.05) is 7.11 Å². The number of para-hydroxylation sites is 1. The van der Waals surface area contributed by atoms with E-state index in [1.54, 1.807) is 13.4 Å². The molecule has 0 saturated carbocycles.